The van der Waals surface area contributed by atoms with Gasteiger partial charge in [-0.1, -0.05) is 25.8 Å². The number of hydrogen-bond donors (Lipinski definition) is 2. The summed E-state index contributed by atoms with van der Waals surface area (Å²) in [5.41, 5.74) is 0.546. The fraction of sp³-hybridized carbons (Fsp3) is 0.214. The average molecular weight is 265 g/mol. The van der Waals surface area contributed by atoms with E-state index in [9.17, 15) is 14.4 Å². The first-order chi connectivity index (χ1) is 8.76. The largest absolute Gasteiger partial charge is 0.478 e. The molecule has 0 radical (unpaired) electrons. The Hall–Kier alpha value is -2.43. The van der Waals surface area contributed by atoms with Crippen molar-refractivity contribution in [3.8, 4) is 0 Å². The van der Waals surface area contributed by atoms with Gasteiger partial charge in [0.25, 0.3) is 5.91 Å². The maximum atomic E-state index is 10.6. The van der Waals surface area contributed by atoms with Gasteiger partial charge in [0.2, 0.25) is 5.91 Å². The Balaban J connectivity index is 0. The lowest BCUT2D eigenvalue weighted by molar-refractivity contribution is -0.133. The minimum Gasteiger partial charge on any atom is -0.478 e. The van der Waals surface area contributed by atoms with Crippen molar-refractivity contribution in [2.24, 2.45) is 0 Å². The molecule has 2 amide bonds. The molecule has 0 aliphatic heterocycles. The molecule has 0 rings (SSSR count). The molecule has 0 aromatic carbocycles. The van der Waals surface area contributed by atoms with Gasteiger partial charge in [-0.15, -0.1) is 6.58 Å². The third kappa shape index (κ3) is 11.8. The zero-order valence-electron chi connectivity index (χ0n) is 11.1. The van der Waals surface area contributed by atoms with Crippen molar-refractivity contribution in [1.82, 2.24) is 5.32 Å². The Labute approximate surface area is 113 Å². The van der Waals surface area contributed by atoms with Gasteiger partial charge in [-0.05, 0) is 25.8 Å². The van der Waals surface area contributed by atoms with Crippen LogP contribution in [-0.2, 0) is 14.4 Å². The Morgan fingerprint density at radius 1 is 1.21 bits per heavy atom. The van der Waals surface area contributed by atoms with Crippen LogP contribution in [0.4, 0.5) is 0 Å². The summed E-state index contributed by atoms with van der Waals surface area (Å²) in [4.78, 5) is 31.1. The predicted molar refractivity (Wildman–Crippen MR) is 74.4 cm³/mol. The summed E-state index contributed by atoms with van der Waals surface area (Å²) in [6.07, 6.45) is 3.89. The molecule has 0 atom stereocenters. The molecular weight excluding hydrogens is 246 g/mol. The van der Waals surface area contributed by atoms with Crippen molar-refractivity contribution in [3.05, 3.63) is 49.6 Å². The molecule has 0 aromatic rings. The Kier molecular flexibility index (Phi) is 10.7. The van der Waals surface area contributed by atoms with Crippen molar-refractivity contribution in [2.45, 2.75) is 19.8 Å². The predicted octanol–water partition coefficient (Wildman–Crippen LogP) is 1.98. The van der Waals surface area contributed by atoms with Crippen LogP contribution in [0.15, 0.2) is 49.6 Å². The van der Waals surface area contributed by atoms with Crippen molar-refractivity contribution >= 4 is 17.8 Å². The molecule has 0 saturated heterocycles. The van der Waals surface area contributed by atoms with Crippen LogP contribution in [0.5, 0.6) is 0 Å². The highest BCUT2D eigenvalue weighted by atomic mass is 16.4. The van der Waals surface area contributed by atoms with E-state index in [0.29, 0.717) is 18.4 Å². The minimum absolute atomic E-state index is 0.245. The second-order valence-electron chi connectivity index (χ2n) is 3.54. The topological polar surface area (TPSA) is 83.5 Å². The standard InChI is InChI=1S/C7H9NO2.C7H10O2/c1-4-6(9)8-7(10)5(2)3;1-3-4-5-6(2)7(8)9/h4H,1-2H2,3H3,(H,8,9,10);3H,1-2,4-5H2,(H,8,9). The van der Waals surface area contributed by atoms with Gasteiger partial charge < -0.3 is 5.11 Å². The smallest absolute Gasteiger partial charge is 0.330 e. The van der Waals surface area contributed by atoms with E-state index < -0.39 is 17.8 Å². The number of hydrogen-bond acceptors (Lipinski definition) is 3. The first kappa shape index (κ1) is 18.9. The Morgan fingerprint density at radius 2 is 1.74 bits per heavy atom. The number of carboxylic acid groups (broad SMARTS) is 1. The fourth-order valence-corrected chi connectivity index (χ4v) is 0.653. The average Bonchev–Trinajstić information content (AvgIpc) is 2.35. The van der Waals surface area contributed by atoms with Crippen molar-refractivity contribution in [3.63, 3.8) is 0 Å². The van der Waals surface area contributed by atoms with Gasteiger partial charge in [0.05, 0.1) is 0 Å². The second-order valence-corrected chi connectivity index (χ2v) is 3.54. The molecule has 0 bridgehead atoms. The molecule has 0 aromatic heterocycles. The van der Waals surface area contributed by atoms with E-state index in [1.165, 1.54) is 6.92 Å². The van der Waals surface area contributed by atoms with Crippen LogP contribution in [0.25, 0.3) is 0 Å². The first-order valence-corrected chi connectivity index (χ1v) is 5.41. The minimum atomic E-state index is -0.920. The van der Waals surface area contributed by atoms with Crippen molar-refractivity contribution in [1.29, 1.82) is 0 Å². The molecular formula is C14H19NO4. The highest BCUT2D eigenvalue weighted by Gasteiger charge is 2.02. The lowest BCUT2D eigenvalue weighted by atomic mass is 10.2. The molecule has 5 heteroatoms. The van der Waals surface area contributed by atoms with E-state index in [4.69, 9.17) is 5.11 Å². The zero-order valence-corrected chi connectivity index (χ0v) is 11.1. The number of rotatable bonds is 6. The summed E-state index contributed by atoms with van der Waals surface area (Å²) >= 11 is 0. The van der Waals surface area contributed by atoms with Crippen LogP contribution < -0.4 is 5.32 Å². The fourth-order valence-electron chi connectivity index (χ4n) is 0.653. The lowest BCUT2D eigenvalue weighted by Gasteiger charge is -1.96. The SMILES string of the molecule is C=CC(=O)NC(=O)C(=C)C.C=CCCC(=C)C(=O)O. The van der Waals surface area contributed by atoms with Crippen LogP contribution in [0.3, 0.4) is 0 Å². The molecule has 0 unspecified atom stereocenters. The summed E-state index contributed by atoms with van der Waals surface area (Å²) in [6, 6.07) is 0. The van der Waals surface area contributed by atoms with E-state index in [2.05, 4.69) is 26.3 Å². The molecule has 2 N–H and O–H groups in total. The van der Waals surface area contributed by atoms with E-state index in [-0.39, 0.29) is 5.57 Å². The van der Waals surface area contributed by atoms with E-state index in [1.54, 1.807) is 6.08 Å². The van der Waals surface area contributed by atoms with Crippen LogP contribution in [0.1, 0.15) is 19.8 Å². The first-order valence-electron chi connectivity index (χ1n) is 5.41. The highest BCUT2D eigenvalue weighted by Crippen LogP contribution is 2.01. The van der Waals surface area contributed by atoms with Gasteiger partial charge in [-0.2, -0.15) is 0 Å². The lowest BCUT2D eigenvalue weighted by Crippen LogP contribution is -2.28. The number of allylic oxidation sites excluding steroid dienone is 1. The third-order valence-electron chi connectivity index (χ3n) is 1.76. The molecule has 104 valence electrons. The number of imide groups is 1. The van der Waals surface area contributed by atoms with Gasteiger partial charge in [-0.3, -0.25) is 14.9 Å². The summed E-state index contributed by atoms with van der Waals surface area (Å²) in [6.45, 7) is 14.8. The van der Waals surface area contributed by atoms with Gasteiger partial charge in [0.1, 0.15) is 0 Å². The molecule has 0 spiro atoms. The van der Waals surface area contributed by atoms with Gasteiger partial charge in [0.15, 0.2) is 0 Å². The van der Waals surface area contributed by atoms with Crippen LogP contribution in [0, 0.1) is 0 Å². The maximum Gasteiger partial charge on any atom is 0.330 e. The number of nitrogens with one attached hydrogen (secondary N) is 1. The van der Waals surface area contributed by atoms with Gasteiger partial charge in [0, 0.05) is 11.1 Å². The molecule has 0 fully saturated rings. The summed E-state index contributed by atoms with van der Waals surface area (Å²) < 4.78 is 0. The van der Waals surface area contributed by atoms with E-state index in [0.717, 1.165) is 6.08 Å². The Morgan fingerprint density at radius 3 is 2.05 bits per heavy atom. The summed E-state index contributed by atoms with van der Waals surface area (Å²) in [5, 5.41) is 10.3. The summed E-state index contributed by atoms with van der Waals surface area (Å²) in [5.74, 6) is -1.89. The van der Waals surface area contributed by atoms with Crippen LogP contribution in [0.2, 0.25) is 0 Å². The third-order valence-corrected chi connectivity index (χ3v) is 1.76. The highest BCUT2D eigenvalue weighted by molar-refractivity contribution is 6.06. The number of carbonyl (C=O) groups excluding carboxylic acids is 2. The monoisotopic (exact) mass is 265 g/mol. The number of amides is 2. The van der Waals surface area contributed by atoms with E-state index in [1.807, 2.05) is 5.32 Å². The van der Waals surface area contributed by atoms with Crippen LogP contribution in [-0.4, -0.2) is 22.9 Å². The molecule has 19 heavy (non-hydrogen) atoms. The van der Waals surface area contributed by atoms with Crippen molar-refractivity contribution < 1.29 is 19.5 Å². The molecule has 0 saturated carbocycles. The van der Waals surface area contributed by atoms with E-state index >= 15 is 0 Å². The number of aliphatic carboxylic acids is 1. The Bertz CT molecular complexity index is 408. The van der Waals surface area contributed by atoms with Gasteiger partial charge >= 0.3 is 5.97 Å². The molecule has 0 heterocycles. The molecule has 5 nitrogen and oxygen atoms in total. The second kappa shape index (κ2) is 10.7. The number of carbonyl (C=O) groups is 3. The molecule has 0 aliphatic carbocycles. The van der Waals surface area contributed by atoms with Gasteiger partial charge in [-0.25, -0.2) is 4.79 Å². The zero-order chi connectivity index (χ0) is 15.4. The van der Waals surface area contributed by atoms with Crippen LogP contribution >= 0.6 is 0 Å². The van der Waals surface area contributed by atoms with Crippen molar-refractivity contribution in [2.75, 3.05) is 0 Å². The normalized spacial score (nSPS) is 8.26. The molecule has 0 aliphatic rings. The maximum absolute atomic E-state index is 10.6. The summed E-state index contributed by atoms with van der Waals surface area (Å²) in [7, 11) is 0. The quantitative estimate of drug-likeness (QED) is 0.568. The number of carboxylic acids is 1.